The van der Waals surface area contributed by atoms with Gasteiger partial charge in [0.2, 0.25) is 0 Å². The van der Waals surface area contributed by atoms with E-state index in [0.717, 1.165) is 122 Å². The average molecular weight is 1300 g/mol. The van der Waals surface area contributed by atoms with Crippen molar-refractivity contribution in [2.75, 3.05) is 47.5 Å². The molecule has 0 aromatic heterocycles. The number of likely N-dealkylation sites (N-methyl/N-ethyl adjacent to an activating group) is 1. The van der Waals surface area contributed by atoms with Gasteiger partial charge in [0.05, 0.1) is 27.7 Å². The van der Waals surface area contributed by atoms with Crippen LogP contribution in [0.3, 0.4) is 0 Å². The van der Waals surface area contributed by atoms with Crippen LogP contribution in [-0.2, 0) is 32.7 Å². The first-order valence-corrected chi connectivity index (χ1v) is 39.1. The fourth-order valence-electron chi connectivity index (χ4n) is 10.2. The molecule has 10 heteroatoms. The van der Waals surface area contributed by atoms with E-state index < -0.39 is 26.5 Å². The number of phosphoric acid groups is 1. The minimum atomic E-state index is -4.40. The van der Waals surface area contributed by atoms with Crippen molar-refractivity contribution in [2.24, 2.45) is 0 Å². The lowest BCUT2D eigenvalue weighted by Gasteiger charge is -2.24. The fraction of sp³-hybridized carbons (Fsp3) is 0.683. The van der Waals surface area contributed by atoms with Gasteiger partial charge >= 0.3 is 19.8 Å². The maximum absolute atomic E-state index is 12.9. The van der Waals surface area contributed by atoms with Gasteiger partial charge in [-0.25, -0.2) is 4.57 Å². The predicted octanol–water partition coefficient (Wildman–Crippen LogP) is 24.9. The van der Waals surface area contributed by atoms with Crippen molar-refractivity contribution in [2.45, 2.75) is 315 Å². The van der Waals surface area contributed by atoms with Gasteiger partial charge in [0.1, 0.15) is 19.8 Å². The first-order chi connectivity index (χ1) is 45.0. The van der Waals surface area contributed by atoms with E-state index >= 15 is 0 Å². The van der Waals surface area contributed by atoms with Gasteiger partial charge in [-0.1, -0.05) is 327 Å². The van der Waals surface area contributed by atoms with Gasteiger partial charge in [-0.2, -0.15) is 0 Å². The zero-order chi connectivity index (χ0) is 66.9. The molecular formula is C82H141NO8P+. The molecule has 0 heterocycles. The van der Waals surface area contributed by atoms with Gasteiger partial charge in [0.25, 0.3) is 0 Å². The summed E-state index contributed by atoms with van der Waals surface area (Å²) in [6.45, 7) is 4.21. The maximum atomic E-state index is 12.9. The van der Waals surface area contributed by atoms with E-state index in [9.17, 15) is 19.0 Å². The molecule has 2 unspecified atom stereocenters. The fourth-order valence-corrected chi connectivity index (χ4v) is 10.9. The molecular weight excluding hydrogens is 1160 g/mol. The van der Waals surface area contributed by atoms with Crippen molar-refractivity contribution in [1.82, 2.24) is 0 Å². The Balaban J connectivity index is 3.99. The number of allylic oxidation sites excluding steroid dienone is 24. The second-order valence-electron chi connectivity index (χ2n) is 25.9. The van der Waals surface area contributed by atoms with Crippen LogP contribution in [0.1, 0.15) is 309 Å². The molecule has 0 aromatic rings. The Labute approximate surface area is 567 Å². The van der Waals surface area contributed by atoms with Crippen molar-refractivity contribution in [3.05, 3.63) is 146 Å². The highest BCUT2D eigenvalue weighted by Gasteiger charge is 2.27. The number of ether oxygens (including phenoxy) is 2. The molecule has 0 bridgehead atoms. The van der Waals surface area contributed by atoms with Crippen LogP contribution in [0.5, 0.6) is 0 Å². The Kier molecular flexibility index (Phi) is 68.0. The number of unbranched alkanes of at least 4 members (excludes halogenated alkanes) is 30. The molecule has 0 aromatic carbocycles. The monoisotopic (exact) mass is 1300 g/mol. The van der Waals surface area contributed by atoms with Crippen molar-refractivity contribution in [1.29, 1.82) is 0 Å². The number of rotatable bonds is 68. The predicted molar refractivity (Wildman–Crippen MR) is 399 cm³/mol. The Morgan fingerprint density at radius 1 is 0.337 bits per heavy atom. The SMILES string of the molecule is CC/C=C\C/C=C\C/C=C\C/C=C\C/C=C\C/C=C\CCCCCCCCCCCCCCCCCCCCCCCCC(=O)OC(COC(=O)CCCCCCCCCC/C=C\C/C=C\C/C=C\C/C=C\C/C=C\C/C=C\CC)COP(=O)(O)OCC[N+](C)(C)C. The van der Waals surface area contributed by atoms with Crippen LogP contribution in [0.4, 0.5) is 0 Å². The molecule has 0 amide bonds. The zero-order valence-corrected chi connectivity index (χ0v) is 60.9. The van der Waals surface area contributed by atoms with Crippen molar-refractivity contribution >= 4 is 19.8 Å². The van der Waals surface area contributed by atoms with Crippen LogP contribution in [0.25, 0.3) is 0 Å². The van der Waals surface area contributed by atoms with E-state index in [4.69, 9.17) is 18.5 Å². The Hall–Kier alpha value is -4.11. The summed E-state index contributed by atoms with van der Waals surface area (Å²) >= 11 is 0. The number of phosphoric ester groups is 1. The van der Waals surface area contributed by atoms with Gasteiger partial charge in [-0.3, -0.25) is 18.6 Å². The average Bonchev–Trinajstić information content (AvgIpc) is 2.23. The molecule has 0 aliphatic heterocycles. The van der Waals surface area contributed by atoms with Crippen LogP contribution in [0, 0.1) is 0 Å². The Bertz CT molecular complexity index is 2070. The smallest absolute Gasteiger partial charge is 0.462 e. The van der Waals surface area contributed by atoms with E-state index in [1.54, 1.807) is 0 Å². The lowest BCUT2D eigenvalue weighted by molar-refractivity contribution is -0.870. The largest absolute Gasteiger partial charge is 0.472 e. The Morgan fingerprint density at radius 3 is 0.870 bits per heavy atom. The molecule has 2 atom stereocenters. The first-order valence-electron chi connectivity index (χ1n) is 37.6. The summed E-state index contributed by atoms with van der Waals surface area (Å²) < 4.78 is 34.8. The summed E-state index contributed by atoms with van der Waals surface area (Å²) in [6, 6.07) is 0. The van der Waals surface area contributed by atoms with Crippen molar-refractivity contribution < 1.29 is 42.1 Å². The lowest BCUT2D eigenvalue weighted by Crippen LogP contribution is -2.37. The molecule has 9 nitrogen and oxygen atoms in total. The molecule has 0 fully saturated rings. The molecule has 0 spiro atoms. The Morgan fingerprint density at radius 2 is 0.587 bits per heavy atom. The van der Waals surface area contributed by atoms with Crippen molar-refractivity contribution in [3.63, 3.8) is 0 Å². The molecule has 92 heavy (non-hydrogen) atoms. The second kappa shape index (κ2) is 71.2. The lowest BCUT2D eigenvalue weighted by atomic mass is 10.0. The first kappa shape index (κ1) is 87.9. The summed E-state index contributed by atoms with van der Waals surface area (Å²) in [5.41, 5.74) is 0. The van der Waals surface area contributed by atoms with E-state index in [1.807, 2.05) is 21.1 Å². The van der Waals surface area contributed by atoms with Gasteiger partial charge < -0.3 is 18.9 Å². The summed E-state index contributed by atoms with van der Waals surface area (Å²) in [7, 11) is 1.47. The number of carbonyl (C=O) groups excluding carboxylic acids is 2. The number of carbonyl (C=O) groups is 2. The van der Waals surface area contributed by atoms with Gasteiger partial charge in [0, 0.05) is 12.8 Å². The summed E-state index contributed by atoms with van der Waals surface area (Å²) in [4.78, 5) is 35.9. The molecule has 0 saturated carbocycles. The number of hydrogen-bond acceptors (Lipinski definition) is 7. The van der Waals surface area contributed by atoms with E-state index in [-0.39, 0.29) is 32.0 Å². The highest BCUT2D eigenvalue weighted by Crippen LogP contribution is 2.43. The number of esters is 2. The zero-order valence-electron chi connectivity index (χ0n) is 60.0. The number of nitrogens with zero attached hydrogens (tertiary/aromatic N) is 1. The minimum absolute atomic E-state index is 0.0256. The van der Waals surface area contributed by atoms with Gasteiger partial charge in [0.15, 0.2) is 6.10 Å². The number of quaternary nitrogens is 1. The van der Waals surface area contributed by atoms with Crippen LogP contribution in [-0.4, -0.2) is 74.9 Å². The third-order valence-electron chi connectivity index (χ3n) is 15.9. The quantitative estimate of drug-likeness (QED) is 0.0211. The standard InChI is InChI=1S/C82H140NO8P/c1-6-8-10-12-14-16-18-20-22-24-26-28-30-32-34-35-36-37-38-39-40-41-42-43-44-45-46-47-49-51-53-55-57-59-61-63-65-67-69-71-73-75-82(85)91-80(79-90-92(86,87)89-77-76-83(3,4)5)78-88-81(84)74-72-70-68-66-64-62-60-58-56-54-52-50-48-33-31-29-27-25-23-21-19-17-15-13-11-9-7-2/h8-11,14-17,20-23,26-29,32-34,36-37,48,52,54,80H,6-7,12-13,18-19,24-25,30-31,35,38-47,49-51,53,55-79H2,1-5H3/p+1/b10-8-,11-9-,16-14-,17-15-,22-20-,23-21-,28-26-,29-27-,34-32-,37-36-,48-33-,54-52-. The van der Waals surface area contributed by atoms with Crippen LogP contribution in [0.15, 0.2) is 146 Å². The van der Waals surface area contributed by atoms with Crippen LogP contribution < -0.4 is 0 Å². The van der Waals surface area contributed by atoms with Crippen LogP contribution in [0.2, 0.25) is 0 Å². The number of hydrogen-bond donors (Lipinski definition) is 1. The highest BCUT2D eigenvalue weighted by molar-refractivity contribution is 7.47. The highest BCUT2D eigenvalue weighted by atomic mass is 31.2. The molecule has 526 valence electrons. The summed E-state index contributed by atoms with van der Waals surface area (Å²) in [6.07, 6.45) is 105. The van der Waals surface area contributed by atoms with Crippen molar-refractivity contribution in [3.8, 4) is 0 Å². The molecule has 0 aliphatic carbocycles. The second-order valence-corrected chi connectivity index (χ2v) is 27.4. The minimum Gasteiger partial charge on any atom is -0.462 e. The van der Waals surface area contributed by atoms with Crippen LogP contribution >= 0.6 is 7.82 Å². The topological polar surface area (TPSA) is 108 Å². The molecule has 0 aliphatic rings. The normalized spacial score (nSPS) is 13.9. The third-order valence-corrected chi connectivity index (χ3v) is 16.8. The molecule has 0 rings (SSSR count). The summed E-state index contributed by atoms with van der Waals surface area (Å²) in [5, 5.41) is 0. The van der Waals surface area contributed by atoms with Gasteiger partial charge in [-0.15, -0.1) is 0 Å². The van der Waals surface area contributed by atoms with Gasteiger partial charge in [-0.05, 0) is 116 Å². The molecule has 1 N–H and O–H groups in total. The maximum Gasteiger partial charge on any atom is 0.472 e. The van der Waals surface area contributed by atoms with E-state index in [2.05, 4.69) is 160 Å². The van der Waals surface area contributed by atoms with E-state index in [1.165, 1.54) is 154 Å². The molecule has 0 saturated heterocycles. The summed E-state index contributed by atoms with van der Waals surface area (Å²) in [5.74, 6) is -0.803. The molecule has 0 radical (unpaired) electrons. The van der Waals surface area contributed by atoms with E-state index in [0.29, 0.717) is 17.4 Å². The third kappa shape index (κ3) is 74.9.